The van der Waals surface area contributed by atoms with Crippen LogP contribution in [0.2, 0.25) is 0 Å². The Morgan fingerprint density at radius 3 is 2.44 bits per heavy atom. The van der Waals surface area contributed by atoms with Gasteiger partial charge >= 0.3 is 6.18 Å². The Morgan fingerprint density at radius 2 is 1.84 bits per heavy atom. The second-order valence-electron chi connectivity index (χ2n) is 6.28. The molecule has 1 saturated heterocycles. The van der Waals surface area contributed by atoms with Crippen LogP contribution in [0.3, 0.4) is 0 Å². The highest BCUT2D eigenvalue weighted by Crippen LogP contribution is 2.27. The molecule has 0 unspecified atom stereocenters. The molecule has 1 aliphatic rings. The Labute approximate surface area is 143 Å². The molecule has 0 atom stereocenters. The fourth-order valence-corrected chi connectivity index (χ4v) is 3.08. The first-order valence-corrected chi connectivity index (χ1v) is 8.19. The molecule has 2 aromatic heterocycles. The molecule has 0 aliphatic carbocycles. The van der Waals surface area contributed by atoms with E-state index in [2.05, 4.69) is 10.1 Å². The van der Waals surface area contributed by atoms with Crippen LogP contribution in [-0.4, -0.2) is 38.7 Å². The zero-order valence-electron chi connectivity index (χ0n) is 13.6. The zero-order valence-corrected chi connectivity index (χ0v) is 13.6. The summed E-state index contributed by atoms with van der Waals surface area (Å²) in [5.41, 5.74) is 0.257. The Morgan fingerprint density at radius 1 is 1.16 bits per heavy atom. The molecule has 8 heteroatoms. The molecular weight excluding hydrogens is 333 g/mol. The first kappa shape index (κ1) is 17.4. The van der Waals surface area contributed by atoms with E-state index in [1.807, 2.05) is 12.1 Å². The van der Waals surface area contributed by atoms with Crippen LogP contribution in [0.5, 0.6) is 0 Å². The number of rotatable bonds is 4. The van der Waals surface area contributed by atoms with Gasteiger partial charge in [0.1, 0.15) is 6.54 Å². The van der Waals surface area contributed by atoms with Gasteiger partial charge in [0.05, 0.1) is 0 Å². The van der Waals surface area contributed by atoms with E-state index in [0.717, 1.165) is 30.0 Å². The standard InChI is InChI=1S/C17H19F3N4O/c18-17(19,20)15-5-10-24(22-15)12-16(25)23-8-3-14(4-9-23)11-13-1-6-21-7-2-13/h1-2,5-7,10,14H,3-4,8-9,11-12H2. The maximum atomic E-state index is 12.5. The fraction of sp³-hybridized carbons (Fsp3) is 0.471. The molecule has 25 heavy (non-hydrogen) atoms. The van der Waals surface area contributed by atoms with E-state index in [0.29, 0.717) is 19.0 Å². The van der Waals surface area contributed by atoms with Crippen molar-refractivity contribution in [2.45, 2.75) is 32.0 Å². The van der Waals surface area contributed by atoms with Crippen molar-refractivity contribution in [3.63, 3.8) is 0 Å². The molecule has 134 valence electrons. The number of pyridine rings is 1. The number of likely N-dealkylation sites (tertiary alicyclic amines) is 1. The molecule has 2 aromatic rings. The summed E-state index contributed by atoms with van der Waals surface area (Å²) in [6.45, 7) is 1.09. The summed E-state index contributed by atoms with van der Waals surface area (Å²) in [4.78, 5) is 18.0. The van der Waals surface area contributed by atoms with Crippen molar-refractivity contribution in [3.8, 4) is 0 Å². The highest BCUT2D eigenvalue weighted by molar-refractivity contribution is 5.76. The average molecular weight is 352 g/mol. The van der Waals surface area contributed by atoms with Crippen LogP contribution in [0.25, 0.3) is 0 Å². The summed E-state index contributed by atoms with van der Waals surface area (Å²) in [5, 5.41) is 3.43. The topological polar surface area (TPSA) is 51.0 Å². The largest absolute Gasteiger partial charge is 0.435 e. The number of hydrogen-bond donors (Lipinski definition) is 0. The molecule has 0 aromatic carbocycles. The van der Waals surface area contributed by atoms with Crippen LogP contribution in [0.1, 0.15) is 24.1 Å². The van der Waals surface area contributed by atoms with Crippen molar-refractivity contribution < 1.29 is 18.0 Å². The van der Waals surface area contributed by atoms with Gasteiger partial charge in [0.25, 0.3) is 0 Å². The summed E-state index contributed by atoms with van der Waals surface area (Å²) in [5.74, 6) is 0.312. The van der Waals surface area contributed by atoms with Crippen molar-refractivity contribution >= 4 is 5.91 Å². The minimum atomic E-state index is -4.49. The second kappa shape index (κ2) is 7.25. The Bertz CT molecular complexity index is 706. The zero-order chi connectivity index (χ0) is 17.9. The van der Waals surface area contributed by atoms with E-state index >= 15 is 0 Å². The molecule has 1 fully saturated rings. The third kappa shape index (κ3) is 4.58. The van der Waals surface area contributed by atoms with Crippen LogP contribution >= 0.6 is 0 Å². The van der Waals surface area contributed by atoms with Gasteiger partial charge in [-0.15, -0.1) is 0 Å². The van der Waals surface area contributed by atoms with Crippen LogP contribution in [0, 0.1) is 5.92 Å². The predicted molar refractivity (Wildman–Crippen MR) is 84.5 cm³/mol. The number of alkyl halides is 3. The van der Waals surface area contributed by atoms with Gasteiger partial charge in [0.15, 0.2) is 5.69 Å². The van der Waals surface area contributed by atoms with Crippen molar-refractivity contribution in [2.75, 3.05) is 13.1 Å². The molecule has 1 aliphatic heterocycles. The predicted octanol–water partition coefficient (Wildman–Crippen LogP) is 2.78. The lowest BCUT2D eigenvalue weighted by Crippen LogP contribution is -2.40. The maximum absolute atomic E-state index is 12.5. The molecule has 0 N–H and O–H groups in total. The van der Waals surface area contributed by atoms with E-state index in [-0.39, 0.29) is 12.5 Å². The normalized spacial score (nSPS) is 16.2. The van der Waals surface area contributed by atoms with Crippen molar-refractivity contribution in [2.24, 2.45) is 5.92 Å². The highest BCUT2D eigenvalue weighted by Gasteiger charge is 2.33. The maximum Gasteiger partial charge on any atom is 0.435 e. The summed E-state index contributed by atoms with van der Waals surface area (Å²) < 4.78 is 38.7. The van der Waals surface area contributed by atoms with Gasteiger partial charge in [0.2, 0.25) is 5.91 Å². The highest BCUT2D eigenvalue weighted by atomic mass is 19.4. The molecule has 0 spiro atoms. The fourth-order valence-electron chi connectivity index (χ4n) is 3.08. The third-order valence-corrected chi connectivity index (χ3v) is 4.47. The summed E-state index contributed by atoms with van der Waals surface area (Å²) >= 11 is 0. The third-order valence-electron chi connectivity index (χ3n) is 4.47. The number of nitrogens with zero attached hydrogens (tertiary/aromatic N) is 4. The molecule has 1 amide bonds. The van der Waals surface area contributed by atoms with Crippen molar-refractivity contribution in [1.82, 2.24) is 19.7 Å². The molecule has 0 bridgehead atoms. The van der Waals surface area contributed by atoms with E-state index in [9.17, 15) is 18.0 Å². The number of aromatic nitrogens is 3. The minimum absolute atomic E-state index is 0.162. The summed E-state index contributed by atoms with van der Waals surface area (Å²) in [6.07, 6.45) is 2.98. The Hall–Kier alpha value is -2.38. The Balaban J connectivity index is 1.49. The molecule has 0 saturated carbocycles. The SMILES string of the molecule is O=C(Cn1ccc(C(F)(F)F)n1)N1CCC(Cc2ccncc2)CC1. The second-order valence-corrected chi connectivity index (χ2v) is 6.28. The van der Waals surface area contributed by atoms with Crippen LogP contribution in [0.15, 0.2) is 36.8 Å². The average Bonchev–Trinajstić information content (AvgIpc) is 3.05. The van der Waals surface area contributed by atoms with Crippen LogP contribution < -0.4 is 0 Å². The lowest BCUT2D eigenvalue weighted by Gasteiger charge is -2.32. The number of carbonyl (C=O) groups is 1. The number of halogens is 3. The summed E-state index contributed by atoms with van der Waals surface area (Å²) in [6, 6.07) is 4.87. The lowest BCUT2D eigenvalue weighted by molar-refractivity contribution is -0.142. The number of amides is 1. The van der Waals surface area contributed by atoms with Gasteiger partial charge in [-0.1, -0.05) is 0 Å². The van der Waals surface area contributed by atoms with Crippen molar-refractivity contribution in [3.05, 3.63) is 48.0 Å². The molecular formula is C17H19F3N4O. The summed E-state index contributed by atoms with van der Waals surface area (Å²) in [7, 11) is 0. The van der Waals surface area contributed by atoms with Gasteiger partial charge < -0.3 is 4.90 Å². The number of carbonyl (C=O) groups excluding carboxylic acids is 1. The molecule has 0 radical (unpaired) electrons. The van der Waals surface area contributed by atoms with Crippen LogP contribution in [0.4, 0.5) is 13.2 Å². The van der Waals surface area contributed by atoms with E-state index in [1.54, 1.807) is 17.3 Å². The van der Waals surface area contributed by atoms with Gasteiger partial charge in [-0.25, -0.2) is 0 Å². The first-order valence-electron chi connectivity index (χ1n) is 8.19. The lowest BCUT2D eigenvalue weighted by atomic mass is 9.90. The molecule has 5 nitrogen and oxygen atoms in total. The van der Waals surface area contributed by atoms with Crippen molar-refractivity contribution in [1.29, 1.82) is 0 Å². The van der Waals surface area contributed by atoms with E-state index in [4.69, 9.17) is 0 Å². The van der Waals surface area contributed by atoms with Gasteiger partial charge in [0, 0.05) is 31.7 Å². The van der Waals surface area contributed by atoms with E-state index < -0.39 is 11.9 Å². The minimum Gasteiger partial charge on any atom is -0.341 e. The Kier molecular flexibility index (Phi) is 5.06. The molecule has 3 heterocycles. The van der Waals surface area contributed by atoms with Gasteiger partial charge in [-0.05, 0) is 48.9 Å². The number of piperidine rings is 1. The monoisotopic (exact) mass is 352 g/mol. The van der Waals surface area contributed by atoms with Crippen LogP contribution in [-0.2, 0) is 23.9 Å². The quantitative estimate of drug-likeness (QED) is 0.850. The number of hydrogen-bond acceptors (Lipinski definition) is 3. The smallest absolute Gasteiger partial charge is 0.341 e. The first-order chi connectivity index (χ1) is 11.9. The van der Waals surface area contributed by atoms with E-state index in [1.165, 1.54) is 11.8 Å². The van der Waals surface area contributed by atoms with Gasteiger partial charge in [-0.3, -0.25) is 14.5 Å². The molecule has 3 rings (SSSR count). The van der Waals surface area contributed by atoms with Gasteiger partial charge in [-0.2, -0.15) is 18.3 Å².